The van der Waals surface area contributed by atoms with Gasteiger partial charge in [-0.2, -0.15) is 0 Å². The van der Waals surface area contributed by atoms with Crippen molar-refractivity contribution in [2.75, 3.05) is 25.6 Å². The normalized spacial score (nSPS) is 17.6. The summed E-state index contributed by atoms with van der Waals surface area (Å²) in [5.41, 5.74) is 0. The van der Waals surface area contributed by atoms with E-state index < -0.39 is 9.84 Å². The van der Waals surface area contributed by atoms with E-state index in [1.807, 2.05) is 33.8 Å². The molecule has 0 aromatic heterocycles. The molecule has 196 valence electrons. The summed E-state index contributed by atoms with van der Waals surface area (Å²) in [6.45, 7) is 8.33. The smallest absolute Gasteiger partial charge is 0.180 e. The lowest BCUT2D eigenvalue weighted by Crippen LogP contribution is -2.16. The molecule has 0 amide bonds. The van der Waals surface area contributed by atoms with Gasteiger partial charge < -0.3 is 14.2 Å². The van der Waals surface area contributed by atoms with Crippen LogP contribution in [-0.4, -0.2) is 57.8 Å². The van der Waals surface area contributed by atoms with Gasteiger partial charge in [0.1, 0.15) is 11.9 Å². The van der Waals surface area contributed by atoms with Crippen molar-refractivity contribution in [1.29, 1.82) is 0 Å². The molecule has 9 heteroatoms. The zero-order valence-corrected chi connectivity index (χ0v) is 22.8. The number of unbranched alkanes of at least 4 members (excludes halogenated alkanes) is 1. The Labute approximate surface area is 215 Å². The highest BCUT2D eigenvalue weighted by atomic mass is 32.2. The van der Waals surface area contributed by atoms with Crippen molar-refractivity contribution in [2.24, 2.45) is 0 Å². The quantitative estimate of drug-likeness (QED) is 0.109. The first-order valence-electron chi connectivity index (χ1n) is 12.0. The van der Waals surface area contributed by atoms with Crippen LogP contribution in [0.1, 0.15) is 53.4 Å². The van der Waals surface area contributed by atoms with Crippen molar-refractivity contribution in [3.63, 3.8) is 0 Å². The van der Waals surface area contributed by atoms with Gasteiger partial charge in [0, 0.05) is 17.7 Å². The first kappa shape index (κ1) is 31.1. The van der Waals surface area contributed by atoms with Gasteiger partial charge in [-0.15, -0.1) is 12.6 Å². The van der Waals surface area contributed by atoms with E-state index in [4.69, 9.17) is 14.2 Å². The maximum atomic E-state index is 12.4. The third-order valence-corrected chi connectivity index (χ3v) is 7.09. The number of ether oxygens (including phenoxy) is 3. The second-order valence-electron chi connectivity index (χ2n) is 7.69. The number of ketones is 2. The Hall–Kier alpha value is -1.94. The standard InChI is InChI=1S/C24H32O7S2.C2H6/c1-3-4-8-23(32)21(25)7-5-6-14-30-19-9-11-20(12-10-19)33(27,28)17-16-29-15-13-22(26)24-18(2)31-24;1-2/h3-4,8-12,18,24,32H,5-7,13-17H2,1-2H3;1-2H3/b4-3-,23-8-;/t18-,24?;/m0./s1. The first-order chi connectivity index (χ1) is 16.7. The number of Topliss-reactive ketones (excluding diaryl/α,β-unsaturated/α-hetero) is 2. The first-order valence-corrected chi connectivity index (χ1v) is 14.1. The largest absolute Gasteiger partial charge is 0.494 e. The summed E-state index contributed by atoms with van der Waals surface area (Å²) in [7, 11) is -3.49. The van der Waals surface area contributed by atoms with Crippen molar-refractivity contribution in [3.8, 4) is 5.75 Å². The second-order valence-corrected chi connectivity index (χ2v) is 10.3. The Kier molecular flexibility index (Phi) is 14.8. The van der Waals surface area contributed by atoms with Crippen molar-refractivity contribution in [3.05, 3.63) is 47.4 Å². The number of hydrogen-bond acceptors (Lipinski definition) is 8. The molecular weight excluding hydrogens is 488 g/mol. The van der Waals surface area contributed by atoms with Crippen LogP contribution in [0.25, 0.3) is 0 Å². The van der Waals surface area contributed by atoms with Crippen LogP contribution in [0.2, 0.25) is 0 Å². The predicted molar refractivity (Wildman–Crippen MR) is 141 cm³/mol. The van der Waals surface area contributed by atoms with Gasteiger partial charge in [0.05, 0.1) is 36.6 Å². The van der Waals surface area contributed by atoms with Gasteiger partial charge in [-0.25, -0.2) is 8.42 Å². The van der Waals surface area contributed by atoms with Gasteiger partial charge in [0.15, 0.2) is 21.4 Å². The highest BCUT2D eigenvalue weighted by Gasteiger charge is 2.40. The molecule has 0 spiro atoms. The topological polar surface area (TPSA) is 99.3 Å². The number of rotatable bonds is 16. The highest BCUT2D eigenvalue weighted by molar-refractivity contribution is 7.91. The monoisotopic (exact) mass is 526 g/mol. The van der Waals surface area contributed by atoms with Gasteiger partial charge in [-0.1, -0.05) is 26.0 Å². The van der Waals surface area contributed by atoms with E-state index in [2.05, 4.69) is 12.6 Å². The number of carbonyl (C=O) groups is 2. The number of benzene rings is 1. The molecule has 1 aromatic carbocycles. The Balaban J connectivity index is 0.00000298. The van der Waals surface area contributed by atoms with E-state index in [1.165, 1.54) is 12.1 Å². The molecule has 1 aliphatic heterocycles. The van der Waals surface area contributed by atoms with E-state index >= 15 is 0 Å². The molecule has 0 saturated carbocycles. The summed E-state index contributed by atoms with van der Waals surface area (Å²) in [6.07, 6.45) is 6.93. The van der Waals surface area contributed by atoms with Crippen molar-refractivity contribution < 1.29 is 32.2 Å². The Morgan fingerprint density at radius 3 is 2.31 bits per heavy atom. The summed E-state index contributed by atoms with van der Waals surface area (Å²) < 4.78 is 40.9. The van der Waals surface area contributed by atoms with Gasteiger partial charge in [0.25, 0.3) is 0 Å². The molecule has 35 heavy (non-hydrogen) atoms. The van der Waals surface area contributed by atoms with Crippen molar-refractivity contribution in [1.82, 2.24) is 0 Å². The molecule has 0 aliphatic carbocycles. The fourth-order valence-electron chi connectivity index (χ4n) is 2.96. The molecule has 0 N–H and O–H groups in total. The summed E-state index contributed by atoms with van der Waals surface area (Å²) in [6, 6.07) is 6.23. The lowest BCUT2D eigenvalue weighted by atomic mass is 10.1. The van der Waals surface area contributed by atoms with Crippen LogP contribution in [-0.2, 0) is 28.9 Å². The summed E-state index contributed by atoms with van der Waals surface area (Å²) in [4.78, 5) is 24.2. The van der Waals surface area contributed by atoms with Crippen LogP contribution in [0.15, 0.2) is 52.3 Å². The fourth-order valence-corrected chi connectivity index (χ4v) is 4.28. The molecule has 0 radical (unpaired) electrons. The Bertz CT molecular complexity index is 950. The van der Waals surface area contributed by atoms with Gasteiger partial charge in [-0.3, -0.25) is 9.59 Å². The molecule has 2 rings (SSSR count). The minimum absolute atomic E-state index is 0.00639. The minimum atomic E-state index is -3.49. The lowest BCUT2D eigenvalue weighted by molar-refractivity contribution is -0.121. The maximum Gasteiger partial charge on any atom is 0.180 e. The molecule has 1 aromatic rings. The average Bonchev–Trinajstić information content (AvgIpc) is 3.60. The van der Waals surface area contributed by atoms with E-state index in [-0.39, 0.29) is 54.1 Å². The summed E-state index contributed by atoms with van der Waals surface area (Å²) >= 11 is 4.18. The number of hydrogen-bond donors (Lipinski definition) is 1. The van der Waals surface area contributed by atoms with E-state index in [9.17, 15) is 18.0 Å². The summed E-state index contributed by atoms with van der Waals surface area (Å²) in [5, 5.41) is 0. The Morgan fingerprint density at radius 1 is 1.06 bits per heavy atom. The number of allylic oxidation sites excluding steroid dienone is 4. The van der Waals surface area contributed by atoms with E-state index in [1.54, 1.807) is 24.3 Å². The summed E-state index contributed by atoms with van der Waals surface area (Å²) in [5.74, 6) is 0.379. The van der Waals surface area contributed by atoms with E-state index in [0.717, 1.165) is 0 Å². The zero-order chi connectivity index (χ0) is 26.3. The van der Waals surface area contributed by atoms with Crippen LogP contribution in [0.5, 0.6) is 5.75 Å². The second kappa shape index (κ2) is 16.7. The number of sulfone groups is 1. The van der Waals surface area contributed by atoms with Crippen LogP contribution >= 0.6 is 12.6 Å². The Morgan fingerprint density at radius 2 is 1.71 bits per heavy atom. The van der Waals surface area contributed by atoms with Gasteiger partial charge >= 0.3 is 0 Å². The molecule has 0 bridgehead atoms. The molecule has 1 unspecified atom stereocenters. The molecule has 2 atom stereocenters. The predicted octanol–water partition coefficient (Wildman–Crippen LogP) is 4.76. The average molecular weight is 527 g/mol. The van der Waals surface area contributed by atoms with Gasteiger partial charge in [-0.05, 0) is 57.0 Å². The SMILES string of the molecule is C/C=C\C=C(/S)C(=O)CCCCOc1ccc(S(=O)(=O)CCOCCC(=O)C2O[C@H]2C)cc1.CC. The lowest BCUT2D eigenvalue weighted by Gasteiger charge is -2.08. The van der Waals surface area contributed by atoms with Crippen LogP contribution < -0.4 is 4.74 Å². The highest BCUT2D eigenvalue weighted by Crippen LogP contribution is 2.23. The van der Waals surface area contributed by atoms with Crippen LogP contribution in [0, 0.1) is 0 Å². The number of epoxide rings is 1. The molecule has 1 saturated heterocycles. The molecule has 1 heterocycles. The number of thiol groups is 1. The molecular formula is C26H38O7S2. The van der Waals surface area contributed by atoms with Crippen LogP contribution in [0.4, 0.5) is 0 Å². The molecule has 1 fully saturated rings. The fraction of sp³-hybridized carbons (Fsp3) is 0.538. The third kappa shape index (κ3) is 12.0. The molecule has 1 aliphatic rings. The van der Waals surface area contributed by atoms with E-state index in [0.29, 0.717) is 36.5 Å². The minimum Gasteiger partial charge on any atom is -0.494 e. The maximum absolute atomic E-state index is 12.4. The van der Waals surface area contributed by atoms with Crippen LogP contribution in [0.3, 0.4) is 0 Å². The zero-order valence-electron chi connectivity index (χ0n) is 21.1. The number of carbonyl (C=O) groups excluding carboxylic acids is 2. The third-order valence-electron chi connectivity index (χ3n) is 5.00. The van der Waals surface area contributed by atoms with Crippen molar-refractivity contribution >= 4 is 34.0 Å². The van der Waals surface area contributed by atoms with Crippen molar-refractivity contribution in [2.45, 2.75) is 70.5 Å². The van der Waals surface area contributed by atoms with Gasteiger partial charge in [0.2, 0.25) is 0 Å². The molecule has 7 nitrogen and oxygen atoms in total.